The van der Waals surface area contributed by atoms with Crippen LogP contribution in [-0.2, 0) is 11.3 Å². The second-order valence-electron chi connectivity index (χ2n) is 8.39. The van der Waals surface area contributed by atoms with Gasteiger partial charge in [-0.1, -0.05) is 0 Å². The summed E-state index contributed by atoms with van der Waals surface area (Å²) in [6.45, 7) is 3.18. The third-order valence-electron chi connectivity index (χ3n) is 6.03. The van der Waals surface area contributed by atoms with Gasteiger partial charge in [0.1, 0.15) is 17.5 Å². The first-order valence-electron chi connectivity index (χ1n) is 11.2. The maximum atomic E-state index is 13.3. The van der Waals surface area contributed by atoms with Gasteiger partial charge in [0, 0.05) is 18.5 Å². The first-order valence-corrected chi connectivity index (χ1v) is 12.0. The van der Waals surface area contributed by atoms with Crippen molar-refractivity contribution in [2.45, 2.75) is 31.9 Å². The van der Waals surface area contributed by atoms with Crippen LogP contribution in [-0.4, -0.2) is 60.7 Å². The molecule has 0 amide bonds. The monoisotopic (exact) mass is 498 g/mol. The van der Waals surface area contributed by atoms with E-state index in [0.717, 1.165) is 0 Å². The molecule has 35 heavy (non-hydrogen) atoms. The largest absolute Gasteiger partial charge is 0.461 e. The second kappa shape index (κ2) is 9.19. The number of hydrogen-bond acceptors (Lipinski definition) is 9. The molecule has 4 heterocycles. The third kappa shape index (κ3) is 4.54. The molecule has 1 aliphatic heterocycles. The Labute approximate surface area is 203 Å². The molecule has 10 nitrogen and oxygen atoms in total. The fourth-order valence-electron chi connectivity index (χ4n) is 4.13. The number of carbonyl (C=O) groups is 1. The molecule has 0 spiro atoms. The summed E-state index contributed by atoms with van der Waals surface area (Å²) in [4.78, 5) is 35.7. The highest BCUT2D eigenvalue weighted by atomic mass is 32.1. The van der Waals surface area contributed by atoms with Gasteiger partial charge in [0.05, 0.1) is 30.6 Å². The molecular weight excluding hydrogens is 475 g/mol. The van der Waals surface area contributed by atoms with Crippen LogP contribution in [0, 0.1) is 5.82 Å². The molecule has 5 rings (SSSR count). The number of aromatic nitrogens is 5. The van der Waals surface area contributed by atoms with Crippen LogP contribution in [0.2, 0.25) is 0 Å². The molecule has 1 saturated heterocycles. The number of halogens is 1. The SMILES string of the molecule is CCOC(=O)c1csc(N2CCC(O)(Cn3cnc4c(cnn4-c4ccc(F)cc4)c3=O)CC2)n1. The molecule has 182 valence electrons. The minimum Gasteiger partial charge on any atom is -0.461 e. The topological polar surface area (TPSA) is 115 Å². The predicted octanol–water partition coefficient (Wildman–Crippen LogP) is 2.39. The van der Waals surface area contributed by atoms with Crippen molar-refractivity contribution in [3.8, 4) is 5.69 Å². The van der Waals surface area contributed by atoms with Gasteiger partial charge in [-0.25, -0.2) is 23.8 Å². The zero-order valence-electron chi connectivity index (χ0n) is 18.9. The third-order valence-corrected chi connectivity index (χ3v) is 6.93. The van der Waals surface area contributed by atoms with Gasteiger partial charge in [-0.15, -0.1) is 11.3 Å². The van der Waals surface area contributed by atoms with E-state index in [9.17, 15) is 19.1 Å². The van der Waals surface area contributed by atoms with Crippen molar-refractivity contribution < 1.29 is 19.0 Å². The van der Waals surface area contributed by atoms with Crippen molar-refractivity contribution >= 4 is 33.5 Å². The summed E-state index contributed by atoms with van der Waals surface area (Å²) < 4.78 is 21.1. The number of ether oxygens (including phenoxy) is 1. The Morgan fingerprint density at radius 1 is 1.26 bits per heavy atom. The first kappa shape index (κ1) is 23.1. The maximum absolute atomic E-state index is 13.3. The molecule has 1 fully saturated rings. The summed E-state index contributed by atoms with van der Waals surface area (Å²) in [6, 6.07) is 5.75. The van der Waals surface area contributed by atoms with E-state index < -0.39 is 11.6 Å². The van der Waals surface area contributed by atoms with E-state index in [-0.39, 0.29) is 30.2 Å². The van der Waals surface area contributed by atoms with Gasteiger partial charge in [-0.2, -0.15) is 5.10 Å². The first-order chi connectivity index (χ1) is 16.9. The fraction of sp³-hybridized carbons (Fsp3) is 0.348. The number of nitrogens with zero attached hydrogens (tertiary/aromatic N) is 6. The molecule has 0 bridgehead atoms. The summed E-state index contributed by atoms with van der Waals surface area (Å²) in [5, 5.41) is 18.1. The van der Waals surface area contributed by atoms with Crippen LogP contribution < -0.4 is 10.5 Å². The Bertz CT molecular complexity index is 1420. The van der Waals surface area contributed by atoms with E-state index in [1.165, 1.54) is 45.2 Å². The highest BCUT2D eigenvalue weighted by Crippen LogP contribution is 2.29. The summed E-state index contributed by atoms with van der Waals surface area (Å²) in [5.74, 6) is -0.817. The average Bonchev–Trinajstić information content (AvgIpc) is 3.50. The van der Waals surface area contributed by atoms with Gasteiger partial charge in [0.25, 0.3) is 5.56 Å². The highest BCUT2D eigenvalue weighted by molar-refractivity contribution is 7.13. The number of benzene rings is 1. The standard InChI is InChI=1S/C23H23FN6O4S/c1-2-34-21(32)18-12-35-22(27-18)28-9-7-23(33,8-10-28)13-29-14-25-19-17(20(29)31)11-26-30(19)16-5-3-15(24)4-6-16/h3-6,11-12,14,33H,2,7-10,13H2,1H3. The lowest BCUT2D eigenvalue weighted by atomic mass is 9.91. The zero-order valence-corrected chi connectivity index (χ0v) is 19.7. The number of esters is 1. The zero-order chi connectivity index (χ0) is 24.6. The van der Waals surface area contributed by atoms with Gasteiger partial charge >= 0.3 is 5.97 Å². The van der Waals surface area contributed by atoms with Crippen LogP contribution in [0.25, 0.3) is 16.7 Å². The molecule has 3 aromatic heterocycles. The predicted molar refractivity (Wildman–Crippen MR) is 128 cm³/mol. The molecule has 0 radical (unpaired) electrons. The van der Waals surface area contributed by atoms with Crippen molar-refractivity contribution in [3.63, 3.8) is 0 Å². The Morgan fingerprint density at radius 3 is 2.71 bits per heavy atom. The van der Waals surface area contributed by atoms with Gasteiger partial charge < -0.3 is 14.7 Å². The Morgan fingerprint density at radius 2 is 2.00 bits per heavy atom. The number of anilines is 1. The summed E-state index contributed by atoms with van der Waals surface area (Å²) >= 11 is 1.36. The van der Waals surface area contributed by atoms with E-state index in [1.807, 2.05) is 4.90 Å². The molecule has 12 heteroatoms. The number of aliphatic hydroxyl groups is 1. The quantitative estimate of drug-likeness (QED) is 0.403. The van der Waals surface area contributed by atoms with Crippen molar-refractivity contribution in [1.29, 1.82) is 0 Å². The van der Waals surface area contributed by atoms with E-state index in [0.29, 0.717) is 47.8 Å². The summed E-state index contributed by atoms with van der Waals surface area (Å²) in [6.07, 6.45) is 3.67. The van der Waals surface area contributed by atoms with Crippen LogP contribution in [0.4, 0.5) is 9.52 Å². The Balaban J connectivity index is 1.30. The van der Waals surface area contributed by atoms with Crippen molar-refractivity contribution in [1.82, 2.24) is 24.3 Å². The molecule has 4 aromatic rings. The number of hydrogen-bond donors (Lipinski definition) is 1. The van der Waals surface area contributed by atoms with Gasteiger partial charge in [-0.3, -0.25) is 9.36 Å². The fourth-order valence-corrected chi connectivity index (χ4v) is 4.98. The molecule has 1 N–H and O–H groups in total. The molecular formula is C23H23FN6O4S. The van der Waals surface area contributed by atoms with Crippen LogP contribution in [0.5, 0.6) is 0 Å². The minimum absolute atomic E-state index is 0.0935. The number of fused-ring (bicyclic) bond motifs is 1. The lowest BCUT2D eigenvalue weighted by Gasteiger charge is -2.38. The van der Waals surface area contributed by atoms with Crippen molar-refractivity contribution in [2.75, 3.05) is 24.6 Å². The van der Waals surface area contributed by atoms with Crippen LogP contribution in [0.3, 0.4) is 0 Å². The van der Waals surface area contributed by atoms with Crippen LogP contribution >= 0.6 is 11.3 Å². The van der Waals surface area contributed by atoms with Gasteiger partial charge in [0.15, 0.2) is 16.5 Å². The smallest absolute Gasteiger partial charge is 0.357 e. The summed E-state index contributed by atoms with van der Waals surface area (Å²) in [7, 11) is 0. The van der Waals surface area contributed by atoms with Crippen LogP contribution in [0.15, 0.2) is 47.0 Å². The van der Waals surface area contributed by atoms with Crippen molar-refractivity contribution in [2.24, 2.45) is 0 Å². The summed E-state index contributed by atoms with van der Waals surface area (Å²) in [5.41, 5.74) is -0.173. The van der Waals surface area contributed by atoms with Gasteiger partial charge in [-0.05, 0) is 44.0 Å². The minimum atomic E-state index is -1.09. The van der Waals surface area contributed by atoms with Gasteiger partial charge in [0.2, 0.25) is 0 Å². The Hall–Kier alpha value is -3.64. The molecule has 0 atom stereocenters. The maximum Gasteiger partial charge on any atom is 0.357 e. The number of carbonyl (C=O) groups excluding carboxylic acids is 1. The van der Waals surface area contributed by atoms with E-state index in [1.54, 1.807) is 24.4 Å². The second-order valence-corrected chi connectivity index (χ2v) is 9.23. The Kier molecular flexibility index (Phi) is 6.07. The average molecular weight is 499 g/mol. The lowest BCUT2D eigenvalue weighted by Crippen LogP contribution is -2.48. The molecule has 0 saturated carbocycles. The molecule has 0 aliphatic carbocycles. The van der Waals surface area contributed by atoms with Crippen molar-refractivity contribution in [3.05, 3.63) is 64.0 Å². The normalized spacial score (nSPS) is 15.5. The lowest BCUT2D eigenvalue weighted by molar-refractivity contribution is -0.00104. The molecule has 1 aliphatic rings. The van der Waals surface area contributed by atoms with E-state index in [2.05, 4.69) is 15.1 Å². The number of thiazole rings is 1. The number of rotatable bonds is 6. The highest BCUT2D eigenvalue weighted by Gasteiger charge is 2.34. The number of piperidine rings is 1. The molecule has 1 aromatic carbocycles. The van der Waals surface area contributed by atoms with Crippen LogP contribution in [0.1, 0.15) is 30.3 Å². The van der Waals surface area contributed by atoms with E-state index >= 15 is 0 Å². The molecule has 0 unspecified atom stereocenters. The van der Waals surface area contributed by atoms with E-state index in [4.69, 9.17) is 4.74 Å².